The molecule has 1 aliphatic rings. The van der Waals surface area contributed by atoms with Crippen molar-refractivity contribution in [1.29, 1.82) is 0 Å². The van der Waals surface area contributed by atoms with Crippen LogP contribution in [-0.2, 0) is 9.53 Å². The van der Waals surface area contributed by atoms with Crippen molar-refractivity contribution < 1.29 is 24.2 Å². The van der Waals surface area contributed by atoms with Crippen LogP contribution in [0, 0.1) is 0 Å². The third kappa shape index (κ3) is 3.73. The SMILES string of the molecule is COc1cc([C@H]2NC(=O)N(C)C(C)=C2C(=O)OC(C)C)cc(Br)c1O. The third-order valence-corrected chi connectivity index (χ3v) is 4.53. The second-order valence-electron chi connectivity index (χ2n) is 5.95. The molecule has 8 heteroatoms. The highest BCUT2D eigenvalue weighted by Crippen LogP contribution is 2.40. The molecule has 1 aliphatic heterocycles. The molecule has 1 aromatic rings. The van der Waals surface area contributed by atoms with Gasteiger partial charge in [-0.1, -0.05) is 0 Å². The Hall–Kier alpha value is -2.22. The van der Waals surface area contributed by atoms with Gasteiger partial charge in [0.1, 0.15) is 0 Å². The number of halogens is 1. The Kier molecular flexibility index (Phi) is 5.62. The van der Waals surface area contributed by atoms with Crippen LogP contribution < -0.4 is 10.1 Å². The highest BCUT2D eigenvalue weighted by molar-refractivity contribution is 9.10. The molecule has 1 atom stereocenters. The molecular formula is C17H21BrN2O5. The predicted octanol–water partition coefficient (Wildman–Crippen LogP) is 3.09. The van der Waals surface area contributed by atoms with E-state index in [0.717, 1.165) is 0 Å². The molecule has 136 valence electrons. The first kappa shape index (κ1) is 19.1. The van der Waals surface area contributed by atoms with E-state index < -0.39 is 12.0 Å². The second kappa shape index (κ2) is 7.35. The van der Waals surface area contributed by atoms with Crippen molar-refractivity contribution in [1.82, 2.24) is 10.2 Å². The maximum absolute atomic E-state index is 12.6. The lowest BCUT2D eigenvalue weighted by atomic mass is 9.94. The molecule has 2 N–H and O–H groups in total. The summed E-state index contributed by atoms with van der Waals surface area (Å²) in [6.07, 6.45) is -0.294. The molecule has 1 aromatic carbocycles. The van der Waals surface area contributed by atoms with Gasteiger partial charge in [-0.05, 0) is 54.4 Å². The number of benzene rings is 1. The number of aromatic hydroxyl groups is 1. The maximum Gasteiger partial charge on any atom is 0.338 e. The van der Waals surface area contributed by atoms with E-state index in [2.05, 4.69) is 21.2 Å². The number of urea groups is 1. The second-order valence-corrected chi connectivity index (χ2v) is 6.80. The van der Waals surface area contributed by atoms with Crippen molar-refractivity contribution in [2.24, 2.45) is 0 Å². The zero-order valence-corrected chi connectivity index (χ0v) is 16.3. The Bertz CT molecular complexity index is 745. The lowest BCUT2D eigenvalue weighted by molar-refractivity contribution is -0.143. The van der Waals surface area contributed by atoms with Crippen molar-refractivity contribution in [2.45, 2.75) is 32.9 Å². The molecule has 0 saturated heterocycles. The molecule has 2 amide bonds. The Morgan fingerprint density at radius 1 is 1.40 bits per heavy atom. The Balaban J connectivity index is 2.59. The molecule has 0 saturated carbocycles. The van der Waals surface area contributed by atoms with E-state index in [4.69, 9.17) is 9.47 Å². The van der Waals surface area contributed by atoms with E-state index in [1.54, 1.807) is 40.0 Å². The van der Waals surface area contributed by atoms with Gasteiger partial charge in [0, 0.05) is 12.7 Å². The van der Waals surface area contributed by atoms with Gasteiger partial charge in [0.25, 0.3) is 0 Å². The number of hydrogen-bond acceptors (Lipinski definition) is 5. The fraction of sp³-hybridized carbons (Fsp3) is 0.412. The minimum absolute atomic E-state index is 0.0579. The lowest BCUT2D eigenvalue weighted by Crippen LogP contribution is -2.46. The van der Waals surface area contributed by atoms with Gasteiger partial charge in [0.05, 0.1) is 29.3 Å². The molecule has 0 unspecified atom stereocenters. The quantitative estimate of drug-likeness (QED) is 0.741. The number of nitrogens with one attached hydrogen (secondary N) is 1. The average molecular weight is 413 g/mol. The Morgan fingerprint density at radius 3 is 2.60 bits per heavy atom. The van der Waals surface area contributed by atoms with Crippen molar-refractivity contribution in [3.63, 3.8) is 0 Å². The summed E-state index contributed by atoms with van der Waals surface area (Å²) in [5.74, 6) is -0.336. The van der Waals surface area contributed by atoms with E-state index in [-0.39, 0.29) is 23.6 Å². The molecule has 0 spiro atoms. The van der Waals surface area contributed by atoms with E-state index in [1.165, 1.54) is 12.0 Å². The van der Waals surface area contributed by atoms with Crippen LogP contribution in [0.15, 0.2) is 27.9 Å². The number of ether oxygens (including phenoxy) is 2. The van der Waals surface area contributed by atoms with Gasteiger partial charge < -0.3 is 24.8 Å². The van der Waals surface area contributed by atoms with Crippen LogP contribution in [0.1, 0.15) is 32.4 Å². The monoisotopic (exact) mass is 412 g/mol. The summed E-state index contributed by atoms with van der Waals surface area (Å²) in [5, 5.41) is 12.8. The maximum atomic E-state index is 12.6. The molecular weight excluding hydrogens is 392 g/mol. The van der Waals surface area contributed by atoms with E-state index in [9.17, 15) is 14.7 Å². The standard InChI is InChI=1S/C17H21BrN2O5/c1-8(2)25-16(22)13-9(3)20(4)17(23)19-14(13)10-6-11(18)15(21)12(7-10)24-5/h6-8,14,21H,1-5H3,(H,19,23)/t14-/m1/s1. The number of hydrogen-bond donors (Lipinski definition) is 2. The molecule has 0 fully saturated rings. The number of phenols is 1. The fourth-order valence-electron chi connectivity index (χ4n) is 2.54. The van der Waals surface area contributed by atoms with Gasteiger partial charge >= 0.3 is 12.0 Å². The van der Waals surface area contributed by atoms with Crippen LogP contribution in [0.5, 0.6) is 11.5 Å². The molecule has 1 heterocycles. The summed E-state index contributed by atoms with van der Waals surface area (Å²) >= 11 is 3.26. The molecule has 0 radical (unpaired) electrons. The van der Waals surface area contributed by atoms with E-state index in [0.29, 0.717) is 21.3 Å². The van der Waals surface area contributed by atoms with Crippen LogP contribution in [0.4, 0.5) is 4.79 Å². The van der Waals surface area contributed by atoms with E-state index in [1.807, 2.05) is 0 Å². The average Bonchev–Trinajstić information content (AvgIpc) is 2.53. The van der Waals surface area contributed by atoms with E-state index >= 15 is 0 Å². The smallest absolute Gasteiger partial charge is 0.338 e. The fourth-order valence-corrected chi connectivity index (χ4v) is 3.00. The predicted molar refractivity (Wildman–Crippen MR) is 95.3 cm³/mol. The first-order chi connectivity index (χ1) is 11.7. The first-order valence-electron chi connectivity index (χ1n) is 7.69. The number of allylic oxidation sites excluding steroid dienone is 1. The lowest BCUT2D eigenvalue weighted by Gasteiger charge is -2.33. The minimum Gasteiger partial charge on any atom is -0.503 e. The van der Waals surface area contributed by atoms with Gasteiger partial charge in [0.2, 0.25) is 0 Å². The van der Waals surface area contributed by atoms with Crippen molar-refractivity contribution in [3.8, 4) is 11.5 Å². The van der Waals surface area contributed by atoms with Crippen LogP contribution in [0.2, 0.25) is 0 Å². The largest absolute Gasteiger partial charge is 0.503 e. The van der Waals surface area contributed by atoms with Crippen molar-refractivity contribution >= 4 is 27.9 Å². The number of carbonyl (C=O) groups is 2. The normalized spacial score (nSPS) is 17.6. The summed E-state index contributed by atoms with van der Waals surface area (Å²) in [7, 11) is 3.00. The molecule has 25 heavy (non-hydrogen) atoms. The number of nitrogens with zero attached hydrogens (tertiary/aromatic N) is 1. The molecule has 0 aromatic heterocycles. The van der Waals surface area contributed by atoms with Crippen LogP contribution in [-0.4, -0.2) is 42.3 Å². The van der Waals surface area contributed by atoms with Crippen molar-refractivity contribution in [2.75, 3.05) is 14.2 Å². The number of methoxy groups -OCH3 is 1. The topological polar surface area (TPSA) is 88.1 Å². The molecule has 0 bridgehead atoms. The van der Waals surface area contributed by atoms with Crippen LogP contribution in [0.3, 0.4) is 0 Å². The molecule has 7 nitrogen and oxygen atoms in total. The summed E-state index contributed by atoms with van der Waals surface area (Å²) in [6.45, 7) is 5.21. The van der Waals surface area contributed by atoms with Crippen molar-refractivity contribution in [3.05, 3.63) is 33.4 Å². The first-order valence-corrected chi connectivity index (χ1v) is 8.49. The van der Waals surface area contributed by atoms with Gasteiger partial charge in [-0.25, -0.2) is 9.59 Å². The minimum atomic E-state index is -0.722. The summed E-state index contributed by atoms with van der Waals surface area (Å²) in [6, 6.07) is 2.14. The number of rotatable bonds is 4. The van der Waals surface area contributed by atoms with Gasteiger partial charge in [-0.2, -0.15) is 0 Å². The van der Waals surface area contributed by atoms with Crippen LogP contribution in [0.25, 0.3) is 0 Å². The zero-order chi connectivity index (χ0) is 18.9. The van der Waals surface area contributed by atoms with Gasteiger partial charge in [0.15, 0.2) is 11.5 Å². The summed E-state index contributed by atoms with van der Waals surface area (Å²) in [5.41, 5.74) is 1.41. The zero-order valence-electron chi connectivity index (χ0n) is 14.7. The Morgan fingerprint density at radius 2 is 2.04 bits per heavy atom. The molecule has 2 rings (SSSR count). The summed E-state index contributed by atoms with van der Waals surface area (Å²) in [4.78, 5) is 26.2. The number of amides is 2. The number of esters is 1. The highest BCUT2D eigenvalue weighted by atomic mass is 79.9. The third-order valence-electron chi connectivity index (χ3n) is 3.92. The highest BCUT2D eigenvalue weighted by Gasteiger charge is 2.36. The van der Waals surface area contributed by atoms with Crippen LogP contribution >= 0.6 is 15.9 Å². The van der Waals surface area contributed by atoms with Gasteiger partial charge in [-0.15, -0.1) is 0 Å². The Labute approximate surface area is 154 Å². The number of phenolic OH excluding ortho intramolecular Hbond substituents is 1. The van der Waals surface area contributed by atoms with Gasteiger partial charge in [-0.3, -0.25) is 0 Å². The number of carbonyl (C=O) groups excluding carboxylic acids is 2. The summed E-state index contributed by atoms with van der Waals surface area (Å²) < 4.78 is 10.9. The molecule has 0 aliphatic carbocycles.